The molecule has 0 radical (unpaired) electrons. The summed E-state index contributed by atoms with van der Waals surface area (Å²) in [6.07, 6.45) is 0. The molecule has 0 aliphatic heterocycles. The molecule has 0 bridgehead atoms. The third-order valence-electron chi connectivity index (χ3n) is 2.97. The molecule has 0 spiro atoms. The molecule has 1 aromatic carbocycles. The number of nitrogens with zero attached hydrogens (tertiary/aromatic N) is 1. The van der Waals surface area contributed by atoms with E-state index in [9.17, 15) is 8.42 Å². The molecule has 0 aliphatic carbocycles. The van der Waals surface area contributed by atoms with E-state index in [1.165, 1.54) is 11.3 Å². The van der Waals surface area contributed by atoms with Gasteiger partial charge in [-0.2, -0.15) is 0 Å². The van der Waals surface area contributed by atoms with Crippen LogP contribution in [-0.4, -0.2) is 13.4 Å². The van der Waals surface area contributed by atoms with Gasteiger partial charge in [-0.1, -0.05) is 38.1 Å². The van der Waals surface area contributed by atoms with E-state index < -0.39 is 10.0 Å². The van der Waals surface area contributed by atoms with E-state index in [0.29, 0.717) is 11.7 Å². The number of thiazole rings is 1. The van der Waals surface area contributed by atoms with Crippen LogP contribution in [0.25, 0.3) is 0 Å². The van der Waals surface area contributed by atoms with Gasteiger partial charge in [-0.05, 0) is 17.0 Å². The Labute approximate surface area is 129 Å². The van der Waals surface area contributed by atoms with Gasteiger partial charge in [0.25, 0.3) is 0 Å². The van der Waals surface area contributed by atoms with E-state index in [0.717, 1.165) is 16.8 Å². The smallest absolute Gasteiger partial charge is 0.238 e. The lowest BCUT2D eigenvalue weighted by molar-refractivity contribution is 0.600. The van der Waals surface area contributed by atoms with E-state index >= 15 is 0 Å². The van der Waals surface area contributed by atoms with Crippen molar-refractivity contribution in [1.82, 2.24) is 4.98 Å². The van der Waals surface area contributed by atoms with Gasteiger partial charge < -0.3 is 5.73 Å². The monoisotopic (exact) mass is 325 g/mol. The molecule has 2 rings (SSSR count). The van der Waals surface area contributed by atoms with E-state index in [2.05, 4.69) is 9.71 Å². The van der Waals surface area contributed by atoms with Crippen molar-refractivity contribution in [3.05, 3.63) is 46.5 Å². The summed E-state index contributed by atoms with van der Waals surface area (Å²) in [5.74, 6) is 0.206. The molecule has 114 valence electrons. The molecule has 3 N–H and O–H groups in total. The van der Waals surface area contributed by atoms with E-state index in [1.54, 1.807) is 12.1 Å². The van der Waals surface area contributed by atoms with Crippen molar-refractivity contribution in [2.75, 3.05) is 4.72 Å². The number of nitrogens with one attached hydrogen (secondary N) is 1. The van der Waals surface area contributed by atoms with Gasteiger partial charge in [0.15, 0.2) is 5.13 Å². The molecule has 0 saturated heterocycles. The summed E-state index contributed by atoms with van der Waals surface area (Å²) in [5, 5.41) is 2.29. The van der Waals surface area contributed by atoms with Crippen LogP contribution in [0.1, 0.15) is 36.6 Å². The van der Waals surface area contributed by atoms with Crippen molar-refractivity contribution >= 4 is 26.5 Å². The van der Waals surface area contributed by atoms with E-state index in [4.69, 9.17) is 5.73 Å². The summed E-state index contributed by atoms with van der Waals surface area (Å²) < 4.78 is 26.8. The van der Waals surface area contributed by atoms with Crippen LogP contribution >= 0.6 is 11.3 Å². The summed E-state index contributed by atoms with van der Waals surface area (Å²) in [7, 11) is -3.45. The molecule has 2 aromatic rings. The van der Waals surface area contributed by atoms with Gasteiger partial charge in [-0.15, -0.1) is 11.3 Å². The molecule has 1 aromatic heterocycles. The summed E-state index contributed by atoms with van der Waals surface area (Å²) >= 11 is 1.30. The van der Waals surface area contributed by atoms with Crippen LogP contribution in [0.5, 0.6) is 0 Å². The summed E-state index contributed by atoms with van der Waals surface area (Å²) in [4.78, 5) is 4.28. The van der Waals surface area contributed by atoms with Crippen LogP contribution in [0.3, 0.4) is 0 Å². The highest BCUT2D eigenvalue weighted by atomic mass is 32.2. The molecular formula is C14H19N3O2S2. The maximum absolute atomic E-state index is 12.1. The number of hydrogen-bond donors (Lipinski definition) is 2. The van der Waals surface area contributed by atoms with Gasteiger partial charge >= 0.3 is 0 Å². The molecule has 0 atom stereocenters. The predicted octanol–water partition coefficient (Wildman–Crippen LogP) is 2.67. The standard InChI is InChI=1S/C14H19N3O2S2/c1-10(2)13-8-20-14(16-13)17-21(18,19)9-12-5-3-11(7-15)4-6-12/h3-6,8,10H,7,9,15H2,1-2H3,(H,16,17). The first-order valence-electron chi connectivity index (χ1n) is 6.63. The molecular weight excluding hydrogens is 306 g/mol. The van der Waals surface area contributed by atoms with Crippen LogP contribution in [0.2, 0.25) is 0 Å². The molecule has 0 saturated carbocycles. The highest BCUT2D eigenvalue weighted by Gasteiger charge is 2.15. The average molecular weight is 325 g/mol. The Bertz CT molecular complexity index is 691. The largest absolute Gasteiger partial charge is 0.326 e. The fourth-order valence-electron chi connectivity index (χ4n) is 1.76. The van der Waals surface area contributed by atoms with Crippen LogP contribution in [0, 0.1) is 0 Å². The average Bonchev–Trinajstić information content (AvgIpc) is 2.87. The Kier molecular flexibility index (Phi) is 4.97. The zero-order chi connectivity index (χ0) is 15.5. The number of benzene rings is 1. The number of nitrogens with two attached hydrogens (primary N) is 1. The topological polar surface area (TPSA) is 85.1 Å². The van der Waals surface area contributed by atoms with Gasteiger partial charge in [-0.3, -0.25) is 4.72 Å². The lowest BCUT2D eigenvalue weighted by atomic mass is 10.1. The maximum atomic E-state index is 12.1. The zero-order valence-electron chi connectivity index (χ0n) is 12.0. The highest BCUT2D eigenvalue weighted by molar-refractivity contribution is 7.92. The van der Waals surface area contributed by atoms with Gasteiger partial charge in [0.1, 0.15) is 0 Å². The molecule has 0 fully saturated rings. The van der Waals surface area contributed by atoms with Crippen LogP contribution in [0.15, 0.2) is 29.6 Å². The zero-order valence-corrected chi connectivity index (χ0v) is 13.7. The van der Waals surface area contributed by atoms with Gasteiger partial charge in [0, 0.05) is 11.9 Å². The third kappa shape index (κ3) is 4.52. The molecule has 0 aliphatic rings. The minimum Gasteiger partial charge on any atom is -0.326 e. The fraction of sp³-hybridized carbons (Fsp3) is 0.357. The first-order chi connectivity index (χ1) is 9.89. The Hall–Kier alpha value is -1.44. The number of hydrogen-bond acceptors (Lipinski definition) is 5. The second-order valence-corrected chi connectivity index (χ2v) is 7.69. The van der Waals surface area contributed by atoms with Crippen LogP contribution in [0.4, 0.5) is 5.13 Å². The first kappa shape index (κ1) is 15.9. The summed E-state index contributed by atoms with van der Waals surface area (Å²) in [6.45, 7) is 4.49. The molecule has 0 amide bonds. The fourth-order valence-corrected chi connectivity index (χ4v) is 4.06. The van der Waals surface area contributed by atoms with Crippen molar-refractivity contribution in [3.8, 4) is 0 Å². The second-order valence-electron chi connectivity index (χ2n) is 5.11. The summed E-state index contributed by atoms with van der Waals surface area (Å²) in [6, 6.07) is 7.24. The number of aromatic nitrogens is 1. The van der Waals surface area contributed by atoms with Crippen LogP contribution < -0.4 is 10.5 Å². The normalized spacial score (nSPS) is 11.8. The summed E-state index contributed by atoms with van der Waals surface area (Å²) in [5.41, 5.74) is 8.11. The molecule has 1 heterocycles. The molecule has 7 heteroatoms. The highest BCUT2D eigenvalue weighted by Crippen LogP contribution is 2.23. The minimum atomic E-state index is -3.45. The Morgan fingerprint density at radius 1 is 1.24 bits per heavy atom. The lowest BCUT2D eigenvalue weighted by Gasteiger charge is -2.06. The Morgan fingerprint density at radius 2 is 1.86 bits per heavy atom. The lowest BCUT2D eigenvalue weighted by Crippen LogP contribution is -2.15. The van der Waals surface area contributed by atoms with Gasteiger partial charge in [0.2, 0.25) is 10.0 Å². The van der Waals surface area contributed by atoms with Gasteiger partial charge in [0.05, 0.1) is 11.4 Å². The Balaban J connectivity index is 2.06. The molecule has 21 heavy (non-hydrogen) atoms. The van der Waals surface area contributed by atoms with Crippen molar-refractivity contribution in [2.24, 2.45) is 5.73 Å². The van der Waals surface area contributed by atoms with Crippen molar-refractivity contribution in [3.63, 3.8) is 0 Å². The predicted molar refractivity (Wildman–Crippen MR) is 86.8 cm³/mol. The molecule has 0 unspecified atom stereocenters. The minimum absolute atomic E-state index is 0.0750. The number of anilines is 1. The van der Waals surface area contributed by atoms with Crippen molar-refractivity contribution < 1.29 is 8.42 Å². The van der Waals surface area contributed by atoms with E-state index in [-0.39, 0.29) is 11.7 Å². The number of sulfonamides is 1. The number of rotatable bonds is 6. The van der Waals surface area contributed by atoms with Crippen molar-refractivity contribution in [1.29, 1.82) is 0 Å². The third-order valence-corrected chi connectivity index (χ3v) is 5.09. The quantitative estimate of drug-likeness (QED) is 0.855. The SMILES string of the molecule is CC(C)c1csc(NS(=O)(=O)Cc2ccc(CN)cc2)n1. The molecule has 5 nitrogen and oxygen atoms in total. The second kappa shape index (κ2) is 6.55. The van der Waals surface area contributed by atoms with Crippen molar-refractivity contribution in [2.45, 2.75) is 32.1 Å². The Morgan fingerprint density at radius 3 is 2.38 bits per heavy atom. The first-order valence-corrected chi connectivity index (χ1v) is 9.16. The van der Waals surface area contributed by atoms with E-state index in [1.807, 2.05) is 31.4 Å². The van der Waals surface area contributed by atoms with Gasteiger partial charge in [-0.25, -0.2) is 13.4 Å². The van der Waals surface area contributed by atoms with Crippen LogP contribution in [-0.2, 0) is 22.3 Å². The maximum Gasteiger partial charge on any atom is 0.238 e.